The van der Waals surface area contributed by atoms with E-state index in [2.05, 4.69) is 15.3 Å². The van der Waals surface area contributed by atoms with Crippen LogP contribution in [0.4, 0.5) is 13.2 Å². The summed E-state index contributed by atoms with van der Waals surface area (Å²) in [6, 6.07) is 6.78. The van der Waals surface area contributed by atoms with Crippen molar-refractivity contribution in [3.05, 3.63) is 59.2 Å². The summed E-state index contributed by atoms with van der Waals surface area (Å²) in [5.41, 5.74) is 0.892. The molecule has 1 fully saturated rings. The van der Waals surface area contributed by atoms with E-state index >= 15 is 0 Å². The fraction of sp³-hybridized carbons (Fsp3) is 0.500. The van der Waals surface area contributed by atoms with Crippen LogP contribution in [0.25, 0.3) is 0 Å². The van der Waals surface area contributed by atoms with Crippen LogP contribution in [0.2, 0.25) is 0 Å². The van der Waals surface area contributed by atoms with Gasteiger partial charge in [-0.3, -0.25) is 0 Å². The molecule has 1 aromatic carbocycles. The summed E-state index contributed by atoms with van der Waals surface area (Å²) in [4.78, 5) is 8.49. The lowest BCUT2D eigenvalue weighted by Gasteiger charge is -2.25. The van der Waals surface area contributed by atoms with Gasteiger partial charge in [-0.15, -0.1) is 0 Å². The summed E-state index contributed by atoms with van der Waals surface area (Å²) < 4.78 is 38.1. The van der Waals surface area contributed by atoms with Crippen molar-refractivity contribution in [2.24, 2.45) is 11.8 Å². The number of nitrogens with zero attached hydrogens (tertiary/aromatic N) is 2. The van der Waals surface area contributed by atoms with Crippen LogP contribution in [0, 0.1) is 18.8 Å². The number of hydrogen-bond acceptors (Lipinski definition) is 5. The maximum absolute atomic E-state index is 12.7. The molecular formula is C20H24F3N3O2. The molecule has 0 spiro atoms. The van der Waals surface area contributed by atoms with Crippen LogP contribution >= 0.6 is 0 Å². The quantitative estimate of drug-likeness (QED) is 0.701. The van der Waals surface area contributed by atoms with Crippen molar-refractivity contribution in [2.45, 2.75) is 44.6 Å². The minimum absolute atomic E-state index is 0.0382. The van der Waals surface area contributed by atoms with Gasteiger partial charge in [0.15, 0.2) is 0 Å². The van der Waals surface area contributed by atoms with Gasteiger partial charge in [-0.1, -0.05) is 12.1 Å². The van der Waals surface area contributed by atoms with Crippen molar-refractivity contribution >= 4 is 0 Å². The molecular weight excluding hydrogens is 371 g/mol. The van der Waals surface area contributed by atoms with Crippen molar-refractivity contribution in [3.8, 4) is 0 Å². The predicted octanol–water partition coefficient (Wildman–Crippen LogP) is 2.49. The van der Waals surface area contributed by atoms with E-state index in [-0.39, 0.29) is 24.5 Å². The van der Waals surface area contributed by atoms with E-state index in [4.69, 9.17) is 0 Å². The maximum atomic E-state index is 12.7. The number of rotatable bonds is 6. The molecule has 152 valence electrons. The zero-order chi connectivity index (χ0) is 20.3. The van der Waals surface area contributed by atoms with Gasteiger partial charge >= 0.3 is 6.18 Å². The smallest absolute Gasteiger partial charge is 0.396 e. The molecule has 1 aliphatic carbocycles. The van der Waals surface area contributed by atoms with E-state index in [9.17, 15) is 23.4 Å². The molecule has 3 N–H and O–H groups in total. The fourth-order valence-corrected chi connectivity index (χ4v) is 3.90. The third-order valence-electron chi connectivity index (χ3n) is 5.40. The van der Waals surface area contributed by atoms with Gasteiger partial charge in [-0.05, 0) is 49.4 Å². The Balaban J connectivity index is 1.68. The third-order valence-corrected chi connectivity index (χ3v) is 5.40. The van der Waals surface area contributed by atoms with Crippen LogP contribution in [0.3, 0.4) is 0 Å². The lowest BCUT2D eigenvalue weighted by atomic mass is 9.88. The van der Waals surface area contributed by atoms with E-state index < -0.39 is 17.8 Å². The second kappa shape index (κ2) is 8.55. The summed E-state index contributed by atoms with van der Waals surface area (Å²) in [6.07, 6.45) is -2.25. The molecule has 1 aromatic heterocycles. The molecule has 8 heteroatoms. The zero-order valence-corrected chi connectivity index (χ0v) is 15.5. The molecule has 5 nitrogen and oxygen atoms in total. The molecule has 1 saturated carbocycles. The van der Waals surface area contributed by atoms with Crippen molar-refractivity contribution in [1.82, 2.24) is 15.3 Å². The van der Waals surface area contributed by atoms with Gasteiger partial charge in [0.2, 0.25) is 0 Å². The van der Waals surface area contributed by atoms with Crippen LogP contribution in [0.1, 0.15) is 29.1 Å². The van der Waals surface area contributed by atoms with Crippen LogP contribution in [0.15, 0.2) is 36.5 Å². The molecule has 0 saturated heterocycles. The van der Waals surface area contributed by atoms with Crippen LogP contribution in [-0.2, 0) is 19.1 Å². The first-order valence-electron chi connectivity index (χ1n) is 9.25. The normalized spacial score (nSPS) is 25.2. The lowest BCUT2D eigenvalue weighted by Crippen LogP contribution is -2.36. The molecule has 2 aromatic rings. The summed E-state index contributed by atoms with van der Waals surface area (Å²) in [5, 5.41) is 23.4. The summed E-state index contributed by atoms with van der Waals surface area (Å²) in [6.45, 7) is 2.05. The van der Waals surface area contributed by atoms with Crippen molar-refractivity contribution in [2.75, 3.05) is 6.61 Å². The van der Waals surface area contributed by atoms with Crippen molar-refractivity contribution < 1.29 is 23.4 Å². The molecule has 0 bridgehead atoms. The number of benzene rings is 1. The van der Waals surface area contributed by atoms with Crippen LogP contribution < -0.4 is 5.32 Å². The fourth-order valence-electron chi connectivity index (χ4n) is 3.90. The summed E-state index contributed by atoms with van der Waals surface area (Å²) in [5.74, 6) is 0.343. The van der Waals surface area contributed by atoms with E-state index in [1.165, 1.54) is 12.1 Å². The Morgan fingerprint density at radius 1 is 1.14 bits per heavy atom. The highest BCUT2D eigenvalue weighted by Gasteiger charge is 2.42. The highest BCUT2D eigenvalue weighted by atomic mass is 19.4. The Morgan fingerprint density at radius 3 is 2.46 bits per heavy atom. The standard InChI is InChI=1S/C20H24F3N3O2/c1-12-24-7-6-15(26-12)8-16-17(11-27)19(28)9-18(16)25-10-13-2-4-14(5-3-13)20(21,22)23/h2-7,16-19,25,27-28H,8-11H2,1H3/t16-,17-,18-,19-/m1/s1. The van der Waals surface area contributed by atoms with Gasteiger partial charge in [-0.25, -0.2) is 9.97 Å². The van der Waals surface area contributed by atoms with Gasteiger partial charge < -0.3 is 15.5 Å². The van der Waals surface area contributed by atoms with Crippen molar-refractivity contribution in [3.63, 3.8) is 0 Å². The molecule has 0 aliphatic heterocycles. The number of aliphatic hydroxyl groups is 2. The van der Waals surface area contributed by atoms with Crippen LogP contribution in [0.5, 0.6) is 0 Å². The number of aliphatic hydroxyl groups excluding tert-OH is 2. The Morgan fingerprint density at radius 2 is 1.86 bits per heavy atom. The topological polar surface area (TPSA) is 78.3 Å². The summed E-state index contributed by atoms with van der Waals surface area (Å²) in [7, 11) is 0. The minimum atomic E-state index is -4.35. The second-order valence-corrected chi connectivity index (χ2v) is 7.29. The Labute approximate surface area is 161 Å². The molecule has 28 heavy (non-hydrogen) atoms. The van der Waals surface area contributed by atoms with E-state index in [1.54, 1.807) is 13.1 Å². The monoisotopic (exact) mass is 395 g/mol. The summed E-state index contributed by atoms with van der Waals surface area (Å²) >= 11 is 0. The number of hydrogen-bond donors (Lipinski definition) is 3. The lowest BCUT2D eigenvalue weighted by molar-refractivity contribution is -0.137. The second-order valence-electron chi connectivity index (χ2n) is 7.29. The van der Waals surface area contributed by atoms with Gasteiger partial charge in [-0.2, -0.15) is 13.2 Å². The molecule has 3 rings (SSSR count). The molecule has 0 radical (unpaired) electrons. The van der Waals surface area contributed by atoms with E-state index in [0.29, 0.717) is 25.2 Å². The average Bonchev–Trinajstić information content (AvgIpc) is 2.94. The third kappa shape index (κ3) is 4.87. The van der Waals surface area contributed by atoms with Gasteiger partial charge in [0.05, 0.1) is 11.7 Å². The molecule has 0 amide bonds. The molecule has 1 heterocycles. The van der Waals surface area contributed by atoms with Gasteiger partial charge in [0.25, 0.3) is 0 Å². The van der Waals surface area contributed by atoms with Crippen LogP contribution in [-0.4, -0.2) is 38.9 Å². The average molecular weight is 395 g/mol. The first-order valence-corrected chi connectivity index (χ1v) is 9.25. The highest BCUT2D eigenvalue weighted by Crippen LogP contribution is 2.35. The SMILES string of the molecule is Cc1nccc(C[C@@H]2[C@@H](CO)[C@H](O)C[C@H]2NCc2ccc(C(F)(F)F)cc2)n1. The Bertz CT molecular complexity index is 783. The zero-order valence-electron chi connectivity index (χ0n) is 15.5. The molecule has 4 atom stereocenters. The predicted molar refractivity (Wildman–Crippen MR) is 97.2 cm³/mol. The van der Waals surface area contributed by atoms with Gasteiger partial charge in [0, 0.05) is 37.0 Å². The first-order chi connectivity index (χ1) is 13.3. The first kappa shape index (κ1) is 20.7. The van der Waals surface area contributed by atoms with E-state index in [0.717, 1.165) is 23.4 Å². The van der Waals surface area contributed by atoms with E-state index in [1.807, 2.05) is 6.07 Å². The number of halogens is 3. The highest BCUT2D eigenvalue weighted by molar-refractivity contribution is 5.24. The Kier molecular flexibility index (Phi) is 6.32. The number of aryl methyl sites for hydroxylation is 1. The van der Waals surface area contributed by atoms with Crippen molar-refractivity contribution in [1.29, 1.82) is 0 Å². The number of nitrogens with one attached hydrogen (secondary N) is 1. The minimum Gasteiger partial charge on any atom is -0.396 e. The van der Waals surface area contributed by atoms with Gasteiger partial charge in [0.1, 0.15) is 5.82 Å². The number of aromatic nitrogens is 2. The number of alkyl halides is 3. The largest absolute Gasteiger partial charge is 0.416 e. The Hall–Kier alpha value is -2.03. The molecule has 1 aliphatic rings. The maximum Gasteiger partial charge on any atom is 0.416 e. The molecule has 0 unspecified atom stereocenters.